The van der Waals surface area contributed by atoms with Crippen LogP contribution in [0.1, 0.15) is 30.8 Å². The Labute approximate surface area is 183 Å². The fourth-order valence-electron chi connectivity index (χ4n) is 2.47. The number of benzene rings is 2. The van der Waals surface area contributed by atoms with Gasteiger partial charge in [0, 0.05) is 5.56 Å². The van der Waals surface area contributed by atoms with Gasteiger partial charge in [-0.3, -0.25) is 4.79 Å². The van der Waals surface area contributed by atoms with Crippen LogP contribution in [0.15, 0.2) is 36.4 Å². The number of carbonyl (C=O) groups excluding carboxylic acids is 1. The second kappa shape index (κ2) is 9.11. The summed E-state index contributed by atoms with van der Waals surface area (Å²) in [7, 11) is 0. The van der Waals surface area contributed by atoms with E-state index in [0.717, 1.165) is 22.4 Å². The molecule has 1 atom stereocenters. The molecule has 0 aliphatic carbocycles. The van der Waals surface area contributed by atoms with E-state index in [9.17, 15) is 4.79 Å². The zero-order valence-corrected chi connectivity index (χ0v) is 18.6. The molecule has 3 aromatic rings. The van der Waals surface area contributed by atoms with E-state index in [1.165, 1.54) is 11.5 Å². The molecule has 152 valence electrons. The topological polar surface area (TPSA) is 61.3 Å². The quantitative estimate of drug-likeness (QED) is 0.385. The maximum atomic E-state index is 11.3. The summed E-state index contributed by atoms with van der Waals surface area (Å²) < 4.78 is 16.0. The van der Waals surface area contributed by atoms with Crippen LogP contribution in [0.3, 0.4) is 0 Å². The lowest BCUT2D eigenvalue weighted by Gasteiger charge is -2.24. The minimum atomic E-state index is -0.833. The number of carbonyl (C=O) groups is 1. The molecule has 1 heterocycles. The van der Waals surface area contributed by atoms with Crippen LogP contribution < -0.4 is 9.47 Å². The highest BCUT2D eigenvalue weighted by Gasteiger charge is 2.24. The number of halogens is 2. The molecule has 0 amide bonds. The van der Waals surface area contributed by atoms with Crippen molar-refractivity contribution in [2.24, 2.45) is 0 Å². The summed E-state index contributed by atoms with van der Waals surface area (Å²) in [6, 6.07) is 10.8. The fraction of sp³-hybridized carbons (Fsp3) is 0.286. The number of aryl methyl sites for hydroxylation is 1. The third kappa shape index (κ3) is 5.26. The van der Waals surface area contributed by atoms with E-state index >= 15 is 0 Å². The maximum Gasteiger partial charge on any atom is 0.173 e. The molecule has 0 radical (unpaired) electrons. The van der Waals surface area contributed by atoms with Gasteiger partial charge in [0.2, 0.25) is 0 Å². The van der Waals surface area contributed by atoms with Crippen molar-refractivity contribution in [3.8, 4) is 22.9 Å². The minimum Gasteiger partial charge on any atom is -0.486 e. The first-order valence-electron chi connectivity index (χ1n) is 9.00. The zero-order chi connectivity index (χ0) is 21.0. The summed E-state index contributed by atoms with van der Waals surface area (Å²) in [6.07, 6.45) is 1.42. The second-order valence-electron chi connectivity index (χ2n) is 6.74. The summed E-state index contributed by atoms with van der Waals surface area (Å²) >= 11 is 13.3. The van der Waals surface area contributed by atoms with E-state index in [4.69, 9.17) is 32.7 Å². The van der Waals surface area contributed by atoms with Crippen molar-refractivity contribution in [2.75, 3.05) is 0 Å². The molecule has 0 saturated carbocycles. The van der Waals surface area contributed by atoms with E-state index in [0.29, 0.717) is 40.4 Å². The van der Waals surface area contributed by atoms with E-state index in [1.54, 1.807) is 19.1 Å². The summed E-state index contributed by atoms with van der Waals surface area (Å²) in [5.74, 6) is 1.93. The molecular formula is C21H20Cl2N2O3S. The Morgan fingerprint density at radius 3 is 2.62 bits per heavy atom. The van der Waals surface area contributed by atoms with Gasteiger partial charge in [-0.1, -0.05) is 30.1 Å². The molecule has 0 spiro atoms. The van der Waals surface area contributed by atoms with Crippen LogP contribution in [-0.2, 0) is 11.4 Å². The third-order valence-electron chi connectivity index (χ3n) is 4.45. The normalized spacial score (nSPS) is 13.0. The van der Waals surface area contributed by atoms with Crippen molar-refractivity contribution in [3.63, 3.8) is 0 Å². The van der Waals surface area contributed by atoms with Crippen molar-refractivity contribution < 1.29 is 14.3 Å². The largest absolute Gasteiger partial charge is 0.486 e. The van der Waals surface area contributed by atoms with E-state index in [2.05, 4.69) is 9.36 Å². The molecule has 0 N–H and O–H groups in total. The molecule has 1 unspecified atom stereocenters. The average Bonchev–Trinajstić information content (AvgIpc) is 3.19. The lowest BCUT2D eigenvalue weighted by Crippen LogP contribution is -2.33. The van der Waals surface area contributed by atoms with Gasteiger partial charge < -0.3 is 9.47 Å². The van der Waals surface area contributed by atoms with Crippen molar-refractivity contribution >= 4 is 41.0 Å². The van der Waals surface area contributed by atoms with Gasteiger partial charge in [-0.05, 0) is 73.8 Å². The highest BCUT2D eigenvalue weighted by molar-refractivity contribution is 7.05. The Morgan fingerprint density at radius 2 is 1.97 bits per heavy atom. The SMILES string of the molecule is CCC(C)(C=O)Oc1ccc(OCc2nc(-c3ccc(Cl)c(Cl)c3)ns2)cc1C. The second-order valence-corrected chi connectivity index (χ2v) is 8.39. The summed E-state index contributed by atoms with van der Waals surface area (Å²) in [5.41, 5.74) is 0.854. The van der Waals surface area contributed by atoms with Crippen molar-refractivity contribution in [2.45, 2.75) is 39.4 Å². The standard InChI is InChI=1S/C21H20Cl2N2O3S/c1-4-21(3,12-26)28-18-8-6-15(9-13(18)2)27-11-19-24-20(25-29-19)14-5-7-16(22)17(23)10-14/h5-10,12H,4,11H2,1-3H3. The van der Waals surface area contributed by atoms with Crippen LogP contribution in [0.5, 0.6) is 11.5 Å². The van der Waals surface area contributed by atoms with Gasteiger partial charge in [0.05, 0.1) is 10.0 Å². The minimum absolute atomic E-state index is 0.291. The number of nitrogens with zero attached hydrogens (tertiary/aromatic N) is 2. The molecule has 0 bridgehead atoms. The number of aldehydes is 1. The molecule has 0 saturated heterocycles. The van der Waals surface area contributed by atoms with Gasteiger partial charge in [0.15, 0.2) is 22.7 Å². The Balaban J connectivity index is 1.66. The lowest BCUT2D eigenvalue weighted by atomic mass is 10.1. The van der Waals surface area contributed by atoms with Gasteiger partial charge in [0.1, 0.15) is 18.1 Å². The van der Waals surface area contributed by atoms with Gasteiger partial charge in [0.25, 0.3) is 0 Å². The fourth-order valence-corrected chi connectivity index (χ4v) is 3.34. The van der Waals surface area contributed by atoms with Gasteiger partial charge in [-0.15, -0.1) is 0 Å². The monoisotopic (exact) mass is 450 g/mol. The summed E-state index contributed by atoms with van der Waals surface area (Å²) in [4.78, 5) is 15.8. The molecule has 0 fully saturated rings. The molecule has 5 nitrogen and oxygen atoms in total. The molecular weight excluding hydrogens is 431 g/mol. The predicted molar refractivity (Wildman–Crippen MR) is 116 cm³/mol. The van der Waals surface area contributed by atoms with Crippen LogP contribution >= 0.6 is 34.7 Å². The maximum absolute atomic E-state index is 11.3. The molecule has 3 rings (SSSR count). The lowest BCUT2D eigenvalue weighted by molar-refractivity contribution is -0.120. The summed E-state index contributed by atoms with van der Waals surface area (Å²) in [5, 5.41) is 1.69. The van der Waals surface area contributed by atoms with Gasteiger partial charge in [-0.25, -0.2) is 4.98 Å². The first-order chi connectivity index (χ1) is 13.8. The molecule has 29 heavy (non-hydrogen) atoms. The predicted octanol–water partition coefficient (Wildman–Crippen LogP) is 6.15. The Morgan fingerprint density at radius 1 is 1.17 bits per heavy atom. The molecule has 0 aliphatic rings. The van der Waals surface area contributed by atoms with Crippen LogP contribution in [0.4, 0.5) is 0 Å². The number of aromatic nitrogens is 2. The van der Waals surface area contributed by atoms with Crippen LogP contribution in [0, 0.1) is 6.92 Å². The Kier molecular flexibility index (Phi) is 6.77. The Bertz CT molecular complexity index is 1020. The number of ether oxygens (including phenoxy) is 2. The van der Waals surface area contributed by atoms with Crippen molar-refractivity contribution in [1.29, 1.82) is 0 Å². The van der Waals surface area contributed by atoms with Gasteiger partial charge in [-0.2, -0.15) is 4.37 Å². The summed E-state index contributed by atoms with van der Waals surface area (Å²) in [6.45, 7) is 5.89. The molecule has 2 aromatic carbocycles. The van der Waals surface area contributed by atoms with Crippen molar-refractivity contribution in [1.82, 2.24) is 9.36 Å². The van der Waals surface area contributed by atoms with Gasteiger partial charge >= 0.3 is 0 Å². The molecule has 8 heteroatoms. The zero-order valence-electron chi connectivity index (χ0n) is 16.2. The Hall–Kier alpha value is -2.15. The van der Waals surface area contributed by atoms with Crippen LogP contribution in [0.2, 0.25) is 10.0 Å². The highest BCUT2D eigenvalue weighted by atomic mass is 35.5. The number of hydrogen-bond donors (Lipinski definition) is 0. The highest BCUT2D eigenvalue weighted by Crippen LogP contribution is 2.29. The smallest absolute Gasteiger partial charge is 0.173 e. The first-order valence-corrected chi connectivity index (χ1v) is 10.5. The van der Waals surface area contributed by atoms with E-state index < -0.39 is 5.60 Å². The third-order valence-corrected chi connectivity index (χ3v) is 5.87. The number of rotatable bonds is 8. The molecule has 0 aliphatic heterocycles. The first kappa shape index (κ1) is 21.6. The van der Waals surface area contributed by atoms with Crippen LogP contribution in [0.25, 0.3) is 11.4 Å². The van der Waals surface area contributed by atoms with Crippen molar-refractivity contribution in [3.05, 3.63) is 57.0 Å². The number of hydrogen-bond acceptors (Lipinski definition) is 6. The van der Waals surface area contributed by atoms with E-state index in [-0.39, 0.29) is 0 Å². The average molecular weight is 451 g/mol. The molecule has 1 aromatic heterocycles. The van der Waals surface area contributed by atoms with Crippen LogP contribution in [-0.4, -0.2) is 21.2 Å². The van der Waals surface area contributed by atoms with E-state index in [1.807, 2.05) is 38.1 Å².